The Balaban J connectivity index is 2.24. The lowest BCUT2D eigenvalue weighted by atomic mass is 9.88. The van der Waals surface area contributed by atoms with Crippen LogP contribution in [-0.4, -0.2) is 128 Å². The molecule has 1 amide bonds. The van der Waals surface area contributed by atoms with E-state index in [1.807, 2.05) is 6.92 Å². The third-order valence-corrected chi connectivity index (χ3v) is 6.35. The molecule has 0 spiro atoms. The van der Waals surface area contributed by atoms with Crippen LogP contribution < -0.4 is 5.32 Å². The van der Waals surface area contributed by atoms with E-state index in [2.05, 4.69) is 5.32 Å². The minimum absolute atomic E-state index is 0.0621. The van der Waals surface area contributed by atoms with Crippen LogP contribution in [0.15, 0.2) is 0 Å². The van der Waals surface area contributed by atoms with Crippen molar-refractivity contribution < 1.29 is 64.3 Å². The predicted molar refractivity (Wildman–Crippen MR) is 119 cm³/mol. The Hall–Kier alpha value is -1.46. The van der Waals surface area contributed by atoms with E-state index in [-0.39, 0.29) is 13.0 Å². The summed E-state index contributed by atoms with van der Waals surface area (Å²) in [5, 5.41) is 74.5. The second kappa shape index (κ2) is 13.4. The van der Waals surface area contributed by atoms with Crippen molar-refractivity contribution in [1.82, 2.24) is 5.32 Å². The highest BCUT2D eigenvalue weighted by molar-refractivity contribution is 5.76. The van der Waals surface area contributed by atoms with Gasteiger partial charge in [0.2, 0.25) is 5.91 Å². The van der Waals surface area contributed by atoms with Gasteiger partial charge < -0.3 is 60.0 Å². The fourth-order valence-corrected chi connectivity index (χ4v) is 4.16. The summed E-state index contributed by atoms with van der Waals surface area (Å²) in [6.07, 6.45) is -13.0. The van der Waals surface area contributed by atoms with Crippen LogP contribution in [0.5, 0.6) is 0 Å². The van der Waals surface area contributed by atoms with Crippen molar-refractivity contribution in [3.05, 3.63) is 0 Å². The summed E-state index contributed by atoms with van der Waals surface area (Å²) < 4.78 is 22.0. The number of carbonyl (C=O) groups excluding carboxylic acids is 1. The number of nitrogens with one attached hydrogen (secondary N) is 1. The normalized spacial score (nSPS) is 38.8. The van der Waals surface area contributed by atoms with E-state index in [1.165, 1.54) is 0 Å². The summed E-state index contributed by atoms with van der Waals surface area (Å²) in [5.41, 5.74) is 0. The first-order valence-electron chi connectivity index (χ1n) is 12.1. The second-order valence-electron chi connectivity index (χ2n) is 9.15. The lowest BCUT2D eigenvalue weighted by Gasteiger charge is -2.47. The molecular weight excluding hydrogens is 486 g/mol. The highest BCUT2D eigenvalue weighted by Crippen LogP contribution is 2.35. The van der Waals surface area contributed by atoms with Crippen molar-refractivity contribution in [2.75, 3.05) is 13.2 Å². The minimum Gasteiger partial charge on any atom is -0.477 e. The largest absolute Gasteiger partial charge is 0.477 e. The first-order valence-corrected chi connectivity index (χ1v) is 12.1. The lowest BCUT2D eigenvalue weighted by molar-refractivity contribution is -0.338. The van der Waals surface area contributed by atoms with Crippen molar-refractivity contribution in [1.29, 1.82) is 0 Å². The zero-order valence-electron chi connectivity index (χ0n) is 20.6. The molecule has 2 saturated heterocycles. The van der Waals surface area contributed by atoms with Gasteiger partial charge in [-0.25, -0.2) is 4.79 Å². The van der Waals surface area contributed by atoms with Crippen LogP contribution in [0, 0.1) is 0 Å². The molecule has 2 aliphatic heterocycles. The maximum Gasteiger partial charge on any atom is 0.364 e. The van der Waals surface area contributed by atoms with Gasteiger partial charge in [0.15, 0.2) is 6.29 Å². The number of amides is 1. The zero-order chi connectivity index (χ0) is 27.2. The van der Waals surface area contributed by atoms with Crippen LogP contribution in [0.3, 0.4) is 0 Å². The summed E-state index contributed by atoms with van der Waals surface area (Å²) in [4.78, 5) is 23.9. The number of rotatable bonds is 12. The molecule has 210 valence electrons. The Bertz CT molecular complexity index is 726. The Morgan fingerprint density at radius 1 is 1.11 bits per heavy atom. The summed E-state index contributed by atoms with van der Waals surface area (Å²) in [6.45, 7) is 4.15. The number of aliphatic hydroxyl groups is 6. The fourth-order valence-electron chi connectivity index (χ4n) is 4.16. The molecule has 3 unspecified atom stereocenters. The number of carbonyl (C=O) groups is 2. The molecule has 2 fully saturated rings. The van der Waals surface area contributed by atoms with Gasteiger partial charge in [-0.2, -0.15) is 0 Å². The number of hydrogen-bond acceptors (Lipinski definition) is 12. The van der Waals surface area contributed by atoms with Crippen LogP contribution in [0.1, 0.15) is 46.5 Å². The van der Waals surface area contributed by atoms with Crippen molar-refractivity contribution in [3.8, 4) is 0 Å². The second-order valence-corrected chi connectivity index (χ2v) is 9.15. The maximum absolute atomic E-state index is 12.3. The Kier molecular flexibility index (Phi) is 11.4. The number of aliphatic hydroxyl groups excluding tert-OH is 6. The standard InChI is InChI=1S/C22H39NO13/c1-4-6-7-33-20-18(30)17(29)16(28)13(35-20)9-34-22(21(31)32)8-12(26)14(23-10(3)24)19(36-22)15(27)11(25)5-2/h11-20,25-30H,4-9H2,1-3H3,(H,23,24)(H,31,32)/t11-,12-,13?,14-,15-,16+,17+,18?,19?,20-,22-/m1/s1. The molecule has 2 aliphatic rings. The van der Waals surface area contributed by atoms with Gasteiger partial charge in [-0.3, -0.25) is 4.79 Å². The molecule has 11 atom stereocenters. The average molecular weight is 526 g/mol. The molecule has 14 nitrogen and oxygen atoms in total. The lowest BCUT2D eigenvalue weighted by Crippen LogP contribution is -2.68. The van der Waals surface area contributed by atoms with E-state index in [0.717, 1.165) is 13.3 Å². The Labute approximate surface area is 208 Å². The highest BCUT2D eigenvalue weighted by Gasteiger charge is 2.56. The molecule has 0 aromatic carbocycles. The Morgan fingerprint density at radius 2 is 1.78 bits per heavy atom. The third kappa shape index (κ3) is 7.10. The number of aliphatic carboxylic acids is 1. The zero-order valence-corrected chi connectivity index (χ0v) is 20.6. The van der Waals surface area contributed by atoms with Crippen LogP contribution in [-0.2, 0) is 28.5 Å². The number of carboxylic acid groups (broad SMARTS) is 1. The van der Waals surface area contributed by atoms with E-state index in [0.29, 0.717) is 6.42 Å². The molecule has 2 heterocycles. The first-order chi connectivity index (χ1) is 16.9. The van der Waals surface area contributed by atoms with Crippen LogP contribution >= 0.6 is 0 Å². The van der Waals surface area contributed by atoms with Gasteiger partial charge >= 0.3 is 5.97 Å². The van der Waals surface area contributed by atoms with Gasteiger partial charge in [0.1, 0.15) is 36.6 Å². The predicted octanol–water partition coefficient (Wildman–Crippen LogP) is -2.81. The van der Waals surface area contributed by atoms with Crippen molar-refractivity contribution in [2.24, 2.45) is 0 Å². The molecule has 0 aliphatic carbocycles. The van der Waals surface area contributed by atoms with Crippen LogP contribution in [0.4, 0.5) is 0 Å². The topological polar surface area (TPSA) is 225 Å². The number of hydrogen-bond donors (Lipinski definition) is 8. The minimum atomic E-state index is -2.57. The van der Waals surface area contributed by atoms with Gasteiger partial charge in [0.05, 0.1) is 24.9 Å². The van der Waals surface area contributed by atoms with E-state index in [4.69, 9.17) is 18.9 Å². The van der Waals surface area contributed by atoms with Crippen molar-refractivity contribution in [2.45, 2.75) is 113 Å². The number of carboxylic acids is 1. The summed E-state index contributed by atoms with van der Waals surface area (Å²) in [5.74, 6) is -4.85. The SMILES string of the molecule is CCCCO[C@@H]1OC(CO[C@]2(C(=O)O)C[C@@H](O)[C@@H](NC(C)=O)C([C@H](O)[C@H](O)CC)O2)[C@H](O)[C@H](O)C1O. The van der Waals surface area contributed by atoms with Crippen LogP contribution in [0.25, 0.3) is 0 Å². The molecule has 0 saturated carbocycles. The maximum atomic E-state index is 12.3. The average Bonchev–Trinajstić information content (AvgIpc) is 2.83. The molecule has 36 heavy (non-hydrogen) atoms. The molecule has 0 radical (unpaired) electrons. The Morgan fingerprint density at radius 3 is 2.33 bits per heavy atom. The van der Waals surface area contributed by atoms with Crippen molar-refractivity contribution >= 4 is 11.9 Å². The van der Waals surface area contributed by atoms with E-state index < -0.39 is 91.9 Å². The smallest absolute Gasteiger partial charge is 0.364 e. The quantitative estimate of drug-likeness (QED) is 0.121. The fraction of sp³-hybridized carbons (Fsp3) is 0.909. The van der Waals surface area contributed by atoms with Gasteiger partial charge in [-0.1, -0.05) is 20.3 Å². The van der Waals surface area contributed by atoms with Gasteiger partial charge in [-0.15, -0.1) is 0 Å². The monoisotopic (exact) mass is 525 g/mol. The molecule has 0 aromatic rings. The van der Waals surface area contributed by atoms with Crippen molar-refractivity contribution in [3.63, 3.8) is 0 Å². The summed E-state index contributed by atoms with van der Waals surface area (Å²) >= 11 is 0. The molecule has 0 bridgehead atoms. The molecule has 8 N–H and O–H groups in total. The number of unbranched alkanes of at least 4 members (excludes halogenated alkanes) is 1. The number of ether oxygens (including phenoxy) is 4. The molecule has 2 rings (SSSR count). The van der Waals surface area contributed by atoms with Crippen LogP contribution in [0.2, 0.25) is 0 Å². The first kappa shape index (κ1) is 30.8. The molecular formula is C22H39NO13. The molecule has 14 heteroatoms. The van der Waals surface area contributed by atoms with E-state index in [1.54, 1.807) is 6.92 Å². The summed E-state index contributed by atoms with van der Waals surface area (Å²) in [7, 11) is 0. The van der Waals surface area contributed by atoms with Gasteiger partial charge in [0, 0.05) is 20.0 Å². The summed E-state index contributed by atoms with van der Waals surface area (Å²) in [6, 6.07) is -1.26. The highest BCUT2D eigenvalue weighted by atomic mass is 16.7. The van der Waals surface area contributed by atoms with Gasteiger partial charge in [-0.05, 0) is 12.8 Å². The van der Waals surface area contributed by atoms with E-state index >= 15 is 0 Å². The third-order valence-electron chi connectivity index (χ3n) is 6.35. The molecule has 0 aromatic heterocycles. The van der Waals surface area contributed by atoms with E-state index in [9.17, 15) is 45.3 Å². The van der Waals surface area contributed by atoms with Gasteiger partial charge in [0.25, 0.3) is 5.79 Å².